The molecule has 0 aliphatic carbocycles. The van der Waals surface area contributed by atoms with Crippen molar-refractivity contribution in [2.24, 2.45) is 0 Å². The smallest absolute Gasteiger partial charge is 0.408 e. The molecule has 1 rings (SSSR count). The van der Waals surface area contributed by atoms with Crippen LogP contribution in [-0.2, 0) is 14.3 Å². The molecule has 0 heterocycles. The first-order valence-corrected chi connectivity index (χ1v) is 10.4. The van der Waals surface area contributed by atoms with Gasteiger partial charge in [-0.15, -0.1) is 6.42 Å². The van der Waals surface area contributed by atoms with Crippen molar-refractivity contribution in [1.82, 2.24) is 15.5 Å². The molecule has 0 saturated carbocycles. The van der Waals surface area contributed by atoms with Gasteiger partial charge in [-0.3, -0.25) is 9.59 Å². The van der Waals surface area contributed by atoms with Gasteiger partial charge in [0.1, 0.15) is 17.7 Å². The summed E-state index contributed by atoms with van der Waals surface area (Å²) in [4.78, 5) is 40.0. The molecule has 0 bridgehead atoms. The number of alkyl carbamates (subject to hydrolysis) is 1. The number of terminal acetylenes is 1. The van der Waals surface area contributed by atoms with Crippen molar-refractivity contribution in [2.45, 2.75) is 78.6 Å². The highest BCUT2D eigenvalue weighted by Gasteiger charge is 2.35. The van der Waals surface area contributed by atoms with E-state index in [1.807, 2.05) is 20.8 Å². The van der Waals surface area contributed by atoms with Crippen molar-refractivity contribution in [3.8, 4) is 12.3 Å². The summed E-state index contributed by atoms with van der Waals surface area (Å²) < 4.78 is 5.24. The lowest BCUT2D eigenvalue weighted by Crippen LogP contribution is -2.53. The third-order valence-electron chi connectivity index (χ3n) is 4.18. The fourth-order valence-electron chi connectivity index (χ4n) is 2.93. The minimum Gasteiger partial charge on any atom is -0.444 e. The van der Waals surface area contributed by atoms with E-state index in [0.29, 0.717) is 11.1 Å². The maximum atomic E-state index is 13.2. The summed E-state index contributed by atoms with van der Waals surface area (Å²) in [6, 6.07) is 5.17. The SMILES string of the molecule is C#Cc1ccc(C(C(=O)NC(C)(C)C)N(CC)C(=O)C(C)NC(=O)OC(C)(C)C)cc1. The molecule has 3 amide bonds. The van der Waals surface area contributed by atoms with E-state index in [9.17, 15) is 14.4 Å². The number of hydrogen-bond donors (Lipinski definition) is 2. The van der Waals surface area contributed by atoms with E-state index in [4.69, 9.17) is 11.2 Å². The highest BCUT2D eigenvalue weighted by molar-refractivity contribution is 5.92. The van der Waals surface area contributed by atoms with E-state index in [0.717, 1.165) is 0 Å². The molecule has 0 aliphatic rings. The van der Waals surface area contributed by atoms with Gasteiger partial charge >= 0.3 is 6.09 Å². The van der Waals surface area contributed by atoms with Crippen LogP contribution in [0.1, 0.15) is 72.6 Å². The summed E-state index contributed by atoms with van der Waals surface area (Å²) in [5.41, 5.74) is 0.121. The molecule has 2 unspecified atom stereocenters. The molecule has 0 radical (unpaired) electrons. The van der Waals surface area contributed by atoms with Crippen LogP contribution in [0.2, 0.25) is 0 Å². The molecule has 1 aromatic carbocycles. The molecular weight excluding hydrogens is 394 g/mol. The van der Waals surface area contributed by atoms with Crippen molar-refractivity contribution < 1.29 is 19.1 Å². The topological polar surface area (TPSA) is 87.7 Å². The molecule has 31 heavy (non-hydrogen) atoms. The van der Waals surface area contributed by atoms with Crippen LogP contribution in [0.5, 0.6) is 0 Å². The Morgan fingerprint density at radius 1 is 1.10 bits per heavy atom. The minimum atomic E-state index is -0.885. The van der Waals surface area contributed by atoms with Crippen LogP contribution in [0.4, 0.5) is 4.79 Å². The van der Waals surface area contributed by atoms with Crippen molar-refractivity contribution in [1.29, 1.82) is 0 Å². The fourth-order valence-corrected chi connectivity index (χ4v) is 2.93. The maximum absolute atomic E-state index is 13.2. The summed E-state index contributed by atoms with van der Waals surface area (Å²) in [5, 5.41) is 5.49. The lowest BCUT2D eigenvalue weighted by atomic mass is 10.00. The van der Waals surface area contributed by atoms with E-state index in [1.165, 1.54) is 4.90 Å². The minimum absolute atomic E-state index is 0.262. The molecule has 170 valence electrons. The third-order valence-corrected chi connectivity index (χ3v) is 4.18. The summed E-state index contributed by atoms with van der Waals surface area (Å²) in [6.45, 7) is 14.4. The Balaban J connectivity index is 3.22. The number of carbonyl (C=O) groups excluding carboxylic acids is 3. The molecule has 0 saturated heterocycles. The highest BCUT2D eigenvalue weighted by atomic mass is 16.6. The Kier molecular flexibility index (Phi) is 8.68. The summed E-state index contributed by atoms with van der Waals surface area (Å²) in [5.74, 6) is 1.82. The molecule has 7 nitrogen and oxygen atoms in total. The number of likely N-dealkylation sites (N-methyl/N-ethyl adjacent to an activating group) is 1. The standard InChI is InChI=1S/C24H35N3O4/c1-10-17-12-14-18(15-13-17)19(20(28)26-23(4,5)6)27(11-2)21(29)16(3)25-22(30)31-24(7,8)9/h1,12-16,19H,11H2,2-9H3,(H,25,30)(H,26,28). The van der Waals surface area contributed by atoms with Gasteiger partial charge in [0.15, 0.2) is 0 Å². The fraction of sp³-hybridized carbons (Fsp3) is 0.542. The average Bonchev–Trinajstić information content (AvgIpc) is 2.62. The van der Waals surface area contributed by atoms with Gasteiger partial charge in [0.25, 0.3) is 0 Å². The molecule has 0 fully saturated rings. The largest absolute Gasteiger partial charge is 0.444 e. The Morgan fingerprint density at radius 3 is 2.06 bits per heavy atom. The lowest BCUT2D eigenvalue weighted by Gasteiger charge is -2.34. The lowest BCUT2D eigenvalue weighted by molar-refractivity contribution is -0.142. The summed E-state index contributed by atoms with van der Waals surface area (Å²) >= 11 is 0. The Hall–Kier alpha value is -3.01. The second-order valence-electron chi connectivity index (χ2n) is 9.40. The van der Waals surface area contributed by atoms with E-state index in [-0.39, 0.29) is 12.5 Å². The molecule has 2 atom stereocenters. The van der Waals surface area contributed by atoms with Crippen molar-refractivity contribution in [3.63, 3.8) is 0 Å². The van der Waals surface area contributed by atoms with Crippen molar-refractivity contribution in [2.75, 3.05) is 6.54 Å². The second kappa shape index (κ2) is 10.3. The van der Waals surface area contributed by atoms with Crippen LogP contribution < -0.4 is 10.6 Å². The molecule has 7 heteroatoms. The molecule has 0 spiro atoms. The van der Waals surface area contributed by atoms with Crippen LogP contribution in [0.15, 0.2) is 24.3 Å². The average molecular weight is 430 g/mol. The predicted octanol–water partition coefficient (Wildman–Crippen LogP) is 3.39. The third kappa shape index (κ3) is 8.33. The molecule has 1 aromatic rings. The van der Waals surface area contributed by atoms with Crippen molar-refractivity contribution in [3.05, 3.63) is 35.4 Å². The Bertz CT molecular complexity index is 826. The second-order valence-corrected chi connectivity index (χ2v) is 9.40. The van der Waals surface area contributed by atoms with E-state index < -0.39 is 35.2 Å². The first kappa shape index (κ1) is 26.0. The number of rotatable bonds is 6. The normalized spacial score (nSPS) is 13.4. The molecular formula is C24H35N3O4. The van der Waals surface area contributed by atoms with E-state index in [2.05, 4.69) is 16.6 Å². The first-order valence-electron chi connectivity index (χ1n) is 10.4. The number of nitrogens with zero attached hydrogens (tertiary/aromatic N) is 1. The molecule has 0 aromatic heterocycles. The number of carbonyl (C=O) groups is 3. The number of ether oxygens (including phenoxy) is 1. The first-order chi connectivity index (χ1) is 14.2. The van der Waals surface area contributed by atoms with Crippen LogP contribution >= 0.6 is 0 Å². The quantitative estimate of drug-likeness (QED) is 0.679. The number of amides is 3. The van der Waals surface area contributed by atoms with Gasteiger partial charge < -0.3 is 20.3 Å². The zero-order valence-corrected chi connectivity index (χ0v) is 19.8. The summed E-state index contributed by atoms with van der Waals surface area (Å²) in [6.07, 6.45) is 4.74. The van der Waals surface area contributed by atoms with E-state index in [1.54, 1.807) is 58.9 Å². The number of nitrogens with one attached hydrogen (secondary N) is 2. The van der Waals surface area contributed by atoms with Crippen LogP contribution in [0.3, 0.4) is 0 Å². The van der Waals surface area contributed by atoms with Gasteiger partial charge in [0.2, 0.25) is 11.8 Å². The van der Waals surface area contributed by atoms with Crippen LogP contribution in [0.25, 0.3) is 0 Å². The van der Waals surface area contributed by atoms with E-state index >= 15 is 0 Å². The monoisotopic (exact) mass is 429 g/mol. The van der Waals surface area contributed by atoms with Gasteiger partial charge in [-0.2, -0.15) is 0 Å². The van der Waals surface area contributed by atoms with Crippen LogP contribution in [0, 0.1) is 12.3 Å². The zero-order valence-electron chi connectivity index (χ0n) is 19.8. The maximum Gasteiger partial charge on any atom is 0.408 e. The summed E-state index contributed by atoms with van der Waals surface area (Å²) in [7, 11) is 0. The predicted molar refractivity (Wildman–Crippen MR) is 121 cm³/mol. The molecule has 2 N–H and O–H groups in total. The molecule has 0 aliphatic heterocycles. The van der Waals surface area contributed by atoms with Gasteiger partial charge in [0.05, 0.1) is 0 Å². The van der Waals surface area contributed by atoms with Gasteiger partial charge in [0, 0.05) is 17.6 Å². The van der Waals surface area contributed by atoms with Gasteiger partial charge in [-0.25, -0.2) is 4.79 Å². The number of benzene rings is 1. The van der Waals surface area contributed by atoms with Gasteiger partial charge in [-0.1, -0.05) is 18.1 Å². The Labute approximate surface area is 185 Å². The van der Waals surface area contributed by atoms with Crippen molar-refractivity contribution >= 4 is 17.9 Å². The van der Waals surface area contributed by atoms with Crippen LogP contribution in [-0.4, -0.2) is 46.5 Å². The zero-order chi connectivity index (χ0) is 24.0. The van der Waals surface area contributed by atoms with Gasteiger partial charge in [-0.05, 0) is 73.1 Å². The highest BCUT2D eigenvalue weighted by Crippen LogP contribution is 2.24. The Morgan fingerprint density at radius 2 is 1.65 bits per heavy atom. The number of hydrogen-bond acceptors (Lipinski definition) is 4.